The van der Waals surface area contributed by atoms with Crippen LogP contribution in [0.3, 0.4) is 0 Å². The van der Waals surface area contributed by atoms with Crippen LogP contribution in [-0.2, 0) is 6.54 Å². The minimum atomic E-state index is 0.602. The lowest BCUT2D eigenvalue weighted by molar-refractivity contribution is 0.234. The second-order valence-electron chi connectivity index (χ2n) is 4.41. The molecule has 16 heavy (non-hydrogen) atoms. The number of hydrogen-bond acceptors (Lipinski definition) is 3. The third-order valence-corrected chi connectivity index (χ3v) is 3.02. The molecule has 2 N–H and O–H groups in total. The van der Waals surface area contributed by atoms with Crippen LogP contribution in [0, 0.1) is 5.92 Å². The molecular formula is C12H24N4. The summed E-state index contributed by atoms with van der Waals surface area (Å²) in [5.41, 5.74) is 5.57. The summed E-state index contributed by atoms with van der Waals surface area (Å²) in [6.45, 7) is 11.0. The highest BCUT2D eigenvalue weighted by molar-refractivity contribution is 5.23. The van der Waals surface area contributed by atoms with E-state index in [0.29, 0.717) is 5.82 Å². The van der Waals surface area contributed by atoms with Crippen molar-refractivity contribution in [2.24, 2.45) is 5.92 Å². The Morgan fingerprint density at radius 3 is 2.75 bits per heavy atom. The summed E-state index contributed by atoms with van der Waals surface area (Å²) in [7, 11) is 0. The molecule has 0 aliphatic carbocycles. The topological polar surface area (TPSA) is 47.1 Å². The lowest BCUT2D eigenvalue weighted by Gasteiger charge is -2.23. The van der Waals surface area contributed by atoms with Crippen molar-refractivity contribution in [2.75, 3.05) is 25.4 Å². The first kappa shape index (κ1) is 13.0. The van der Waals surface area contributed by atoms with Gasteiger partial charge in [0.05, 0.1) is 6.54 Å². The number of anilines is 1. The Balaban J connectivity index is 2.33. The van der Waals surface area contributed by atoms with Gasteiger partial charge < -0.3 is 10.6 Å². The van der Waals surface area contributed by atoms with E-state index in [2.05, 4.69) is 30.8 Å². The van der Waals surface area contributed by atoms with Gasteiger partial charge in [0.2, 0.25) is 0 Å². The zero-order chi connectivity index (χ0) is 12.0. The minimum Gasteiger partial charge on any atom is -0.382 e. The Morgan fingerprint density at radius 2 is 2.25 bits per heavy atom. The van der Waals surface area contributed by atoms with E-state index in [9.17, 15) is 0 Å². The Morgan fingerprint density at radius 1 is 1.50 bits per heavy atom. The molecule has 0 aromatic carbocycles. The molecule has 1 unspecified atom stereocenters. The molecule has 0 radical (unpaired) electrons. The van der Waals surface area contributed by atoms with Crippen LogP contribution in [0.1, 0.15) is 27.2 Å². The molecule has 0 saturated heterocycles. The van der Waals surface area contributed by atoms with E-state index >= 15 is 0 Å². The van der Waals surface area contributed by atoms with E-state index in [-0.39, 0.29) is 0 Å². The molecule has 0 saturated carbocycles. The molecular weight excluding hydrogens is 200 g/mol. The van der Waals surface area contributed by atoms with Gasteiger partial charge in [0.25, 0.3) is 0 Å². The van der Waals surface area contributed by atoms with Crippen LogP contribution in [0.2, 0.25) is 0 Å². The van der Waals surface area contributed by atoms with Gasteiger partial charge in [-0.1, -0.05) is 27.2 Å². The summed E-state index contributed by atoms with van der Waals surface area (Å²) in [6.07, 6.45) is 3.18. The molecule has 92 valence electrons. The molecule has 1 aromatic rings. The van der Waals surface area contributed by atoms with Crippen molar-refractivity contribution in [3.8, 4) is 0 Å². The first-order valence-corrected chi connectivity index (χ1v) is 6.17. The van der Waals surface area contributed by atoms with Crippen molar-refractivity contribution >= 4 is 5.82 Å². The smallest absolute Gasteiger partial charge is 0.145 e. The summed E-state index contributed by atoms with van der Waals surface area (Å²) >= 11 is 0. The maximum atomic E-state index is 5.57. The SMILES string of the molecule is CCC(C)CN(CC)CCn1ccc(N)n1. The molecule has 1 rings (SSSR count). The summed E-state index contributed by atoms with van der Waals surface area (Å²) in [4.78, 5) is 2.46. The number of nitrogen functional groups attached to an aromatic ring is 1. The molecule has 0 aliphatic rings. The molecule has 4 nitrogen and oxygen atoms in total. The number of aromatic nitrogens is 2. The lowest BCUT2D eigenvalue weighted by atomic mass is 10.1. The van der Waals surface area contributed by atoms with Crippen LogP contribution in [0.4, 0.5) is 5.82 Å². The minimum absolute atomic E-state index is 0.602. The fourth-order valence-electron chi connectivity index (χ4n) is 1.69. The number of rotatable bonds is 7. The molecule has 0 fully saturated rings. The van der Waals surface area contributed by atoms with Crippen LogP contribution in [0.5, 0.6) is 0 Å². The van der Waals surface area contributed by atoms with Crippen molar-refractivity contribution in [1.29, 1.82) is 0 Å². The van der Waals surface area contributed by atoms with Crippen LogP contribution in [0.15, 0.2) is 12.3 Å². The number of nitrogens with zero attached hydrogens (tertiary/aromatic N) is 3. The van der Waals surface area contributed by atoms with Gasteiger partial charge in [-0.05, 0) is 18.5 Å². The second kappa shape index (κ2) is 6.53. The van der Waals surface area contributed by atoms with Gasteiger partial charge in [0, 0.05) is 19.3 Å². The van der Waals surface area contributed by atoms with E-state index in [1.807, 2.05) is 16.9 Å². The van der Waals surface area contributed by atoms with Crippen LogP contribution < -0.4 is 5.73 Å². The molecule has 0 amide bonds. The third kappa shape index (κ3) is 4.23. The molecule has 1 heterocycles. The van der Waals surface area contributed by atoms with Gasteiger partial charge >= 0.3 is 0 Å². The fraction of sp³-hybridized carbons (Fsp3) is 0.750. The second-order valence-corrected chi connectivity index (χ2v) is 4.41. The van der Waals surface area contributed by atoms with Gasteiger partial charge in [-0.2, -0.15) is 5.10 Å². The monoisotopic (exact) mass is 224 g/mol. The molecule has 4 heteroatoms. The van der Waals surface area contributed by atoms with Crippen LogP contribution in [-0.4, -0.2) is 34.3 Å². The molecule has 0 spiro atoms. The predicted molar refractivity (Wildman–Crippen MR) is 68.2 cm³/mol. The first-order chi connectivity index (χ1) is 7.65. The van der Waals surface area contributed by atoms with E-state index in [0.717, 1.165) is 25.6 Å². The molecule has 0 aliphatic heterocycles. The summed E-state index contributed by atoms with van der Waals surface area (Å²) in [5.74, 6) is 1.37. The quantitative estimate of drug-likeness (QED) is 0.768. The highest BCUT2D eigenvalue weighted by Gasteiger charge is 2.07. The first-order valence-electron chi connectivity index (χ1n) is 6.17. The zero-order valence-electron chi connectivity index (χ0n) is 10.7. The highest BCUT2D eigenvalue weighted by Crippen LogP contribution is 2.04. The van der Waals surface area contributed by atoms with Gasteiger partial charge in [-0.25, -0.2) is 0 Å². The van der Waals surface area contributed by atoms with Crippen molar-refractivity contribution in [1.82, 2.24) is 14.7 Å². The Labute approximate surface area is 98.4 Å². The van der Waals surface area contributed by atoms with E-state index in [4.69, 9.17) is 5.73 Å². The lowest BCUT2D eigenvalue weighted by Crippen LogP contribution is -2.31. The summed E-state index contributed by atoms with van der Waals surface area (Å²) < 4.78 is 1.91. The van der Waals surface area contributed by atoms with Crippen molar-refractivity contribution < 1.29 is 0 Å². The Kier molecular flexibility index (Phi) is 5.32. The standard InChI is InChI=1S/C12H24N4/c1-4-11(3)10-15(5-2)8-9-16-7-6-12(13)14-16/h6-7,11H,4-5,8-10H2,1-3H3,(H2,13,14). The van der Waals surface area contributed by atoms with Crippen LogP contribution >= 0.6 is 0 Å². The summed E-state index contributed by atoms with van der Waals surface area (Å²) in [5, 5.41) is 4.18. The van der Waals surface area contributed by atoms with Gasteiger partial charge in [-0.3, -0.25) is 4.68 Å². The van der Waals surface area contributed by atoms with Crippen molar-refractivity contribution in [3.05, 3.63) is 12.3 Å². The normalized spacial score (nSPS) is 13.2. The van der Waals surface area contributed by atoms with E-state index < -0.39 is 0 Å². The number of nitrogens with two attached hydrogens (primary N) is 1. The highest BCUT2D eigenvalue weighted by atomic mass is 15.3. The average Bonchev–Trinajstić information content (AvgIpc) is 2.69. The third-order valence-electron chi connectivity index (χ3n) is 3.02. The van der Waals surface area contributed by atoms with Crippen LogP contribution in [0.25, 0.3) is 0 Å². The average molecular weight is 224 g/mol. The summed E-state index contributed by atoms with van der Waals surface area (Å²) in [6, 6.07) is 1.84. The predicted octanol–water partition coefficient (Wildman–Crippen LogP) is 1.83. The van der Waals surface area contributed by atoms with Crippen molar-refractivity contribution in [2.45, 2.75) is 33.7 Å². The maximum Gasteiger partial charge on any atom is 0.145 e. The Bertz CT molecular complexity index is 295. The molecule has 1 atom stereocenters. The molecule has 0 bridgehead atoms. The number of likely N-dealkylation sites (N-methyl/N-ethyl adjacent to an activating group) is 1. The zero-order valence-corrected chi connectivity index (χ0v) is 10.7. The number of hydrogen-bond donors (Lipinski definition) is 1. The largest absolute Gasteiger partial charge is 0.382 e. The van der Waals surface area contributed by atoms with Gasteiger partial charge in [-0.15, -0.1) is 0 Å². The van der Waals surface area contributed by atoms with Gasteiger partial charge in [0.15, 0.2) is 0 Å². The van der Waals surface area contributed by atoms with E-state index in [1.54, 1.807) is 0 Å². The van der Waals surface area contributed by atoms with Crippen molar-refractivity contribution in [3.63, 3.8) is 0 Å². The molecule has 1 aromatic heterocycles. The van der Waals surface area contributed by atoms with Gasteiger partial charge in [0.1, 0.15) is 5.82 Å². The maximum absolute atomic E-state index is 5.57. The van der Waals surface area contributed by atoms with E-state index in [1.165, 1.54) is 13.0 Å². The Hall–Kier alpha value is -1.03. The fourth-order valence-corrected chi connectivity index (χ4v) is 1.69.